The molecule has 4 fully saturated rings. The molecule has 1 N–H and O–H groups in total. The number of ether oxygens (including phenoxy) is 2. The van der Waals surface area contributed by atoms with E-state index in [9.17, 15) is 22.8 Å². The smallest absolute Gasteiger partial charge is 0.322 e. The fourth-order valence-corrected chi connectivity index (χ4v) is 13.3. The lowest BCUT2D eigenvalue weighted by atomic mass is 9.33. The molecule has 49 heavy (non-hydrogen) atoms. The summed E-state index contributed by atoms with van der Waals surface area (Å²) in [6.45, 7) is 16.0. The number of methoxy groups -OCH3 is 1. The summed E-state index contributed by atoms with van der Waals surface area (Å²) in [5.41, 5.74) is 0.421. The molecule has 0 aromatic heterocycles. The number of benzene rings is 1. The second-order valence-corrected chi connectivity index (χ2v) is 19.9. The first-order valence-corrected chi connectivity index (χ1v) is 19.9. The third-order valence-electron chi connectivity index (χ3n) is 15.2. The third kappa shape index (κ3) is 5.73. The fourth-order valence-electron chi connectivity index (χ4n) is 12.0. The van der Waals surface area contributed by atoms with Crippen LogP contribution in [0.3, 0.4) is 0 Å². The lowest BCUT2D eigenvalue weighted by Crippen LogP contribution is -2.67. The molecule has 9 heteroatoms. The highest BCUT2D eigenvalue weighted by Crippen LogP contribution is 2.75. The Kier molecular flexibility index (Phi) is 8.91. The van der Waals surface area contributed by atoms with Crippen molar-refractivity contribution in [2.24, 2.45) is 50.2 Å². The van der Waals surface area contributed by atoms with Crippen LogP contribution in [0.15, 0.2) is 42.0 Å². The highest BCUT2D eigenvalue weighted by Gasteiger charge is 2.70. The first-order valence-electron chi connectivity index (χ1n) is 18.3. The van der Waals surface area contributed by atoms with Crippen molar-refractivity contribution in [1.29, 1.82) is 0 Å². The van der Waals surface area contributed by atoms with Crippen LogP contribution >= 0.6 is 0 Å². The number of fused-ring (bicyclic) bond motifs is 7. The maximum Gasteiger partial charge on any atom is 0.322 e. The zero-order chi connectivity index (χ0) is 35.8. The van der Waals surface area contributed by atoms with Gasteiger partial charge in [-0.15, -0.1) is 0 Å². The summed E-state index contributed by atoms with van der Waals surface area (Å²) >= 11 is 0. The van der Waals surface area contributed by atoms with E-state index in [1.165, 1.54) is 12.7 Å². The van der Waals surface area contributed by atoms with Crippen molar-refractivity contribution in [3.8, 4) is 0 Å². The summed E-state index contributed by atoms with van der Waals surface area (Å²) < 4.78 is 39.3. The van der Waals surface area contributed by atoms with E-state index in [0.717, 1.165) is 50.5 Å². The summed E-state index contributed by atoms with van der Waals surface area (Å²) in [5.74, 6) is -1.38. The van der Waals surface area contributed by atoms with E-state index in [4.69, 9.17) is 4.74 Å². The SMILES string of the molecule is COC(=O)CS(=O)(=O)N[C@H]1CC[C@]2(C)C3C(=O)C=C4[C@@H]5C[C@@](C)(C(=O)OCc6ccccc6)CC[C@]5(C)CC[C@@]4(C)[C@]3(C)CC[C@H]2C1(C)C. The minimum Gasteiger partial charge on any atom is -0.468 e. The van der Waals surface area contributed by atoms with Gasteiger partial charge in [0.25, 0.3) is 0 Å². The highest BCUT2D eigenvalue weighted by molar-refractivity contribution is 7.90. The van der Waals surface area contributed by atoms with Crippen molar-refractivity contribution < 1.29 is 32.3 Å². The maximum absolute atomic E-state index is 14.8. The lowest BCUT2D eigenvalue weighted by molar-refractivity contribution is -0.189. The highest BCUT2D eigenvalue weighted by atomic mass is 32.2. The quantitative estimate of drug-likeness (QED) is 0.301. The zero-order valence-corrected chi connectivity index (χ0v) is 31.6. The van der Waals surface area contributed by atoms with Crippen molar-refractivity contribution in [2.45, 2.75) is 119 Å². The third-order valence-corrected chi connectivity index (χ3v) is 16.4. The largest absolute Gasteiger partial charge is 0.468 e. The van der Waals surface area contributed by atoms with Gasteiger partial charge in [0.1, 0.15) is 6.61 Å². The average Bonchev–Trinajstić information content (AvgIpc) is 3.03. The van der Waals surface area contributed by atoms with Crippen molar-refractivity contribution in [3.05, 3.63) is 47.5 Å². The Morgan fingerprint density at radius 3 is 2.24 bits per heavy atom. The number of allylic oxidation sites excluding steroid dienone is 2. The van der Waals surface area contributed by atoms with Gasteiger partial charge in [-0.05, 0) is 115 Å². The van der Waals surface area contributed by atoms with E-state index in [1.54, 1.807) is 0 Å². The second-order valence-electron chi connectivity index (χ2n) is 18.2. The van der Waals surface area contributed by atoms with E-state index in [0.29, 0.717) is 12.8 Å². The number of rotatable bonds is 7. The molecule has 0 radical (unpaired) electrons. The summed E-state index contributed by atoms with van der Waals surface area (Å²) in [4.78, 5) is 40.3. The van der Waals surface area contributed by atoms with Crippen LogP contribution in [0.25, 0.3) is 0 Å². The van der Waals surface area contributed by atoms with Gasteiger partial charge >= 0.3 is 11.9 Å². The predicted molar refractivity (Wildman–Crippen MR) is 188 cm³/mol. The molecular weight excluding hydrogens is 639 g/mol. The van der Waals surface area contributed by atoms with E-state index >= 15 is 0 Å². The Morgan fingerprint density at radius 1 is 0.898 bits per heavy atom. The summed E-state index contributed by atoms with van der Waals surface area (Å²) in [5, 5.41) is 0. The Balaban J connectivity index is 1.29. The van der Waals surface area contributed by atoms with Crippen LogP contribution in [0, 0.1) is 50.2 Å². The summed E-state index contributed by atoms with van der Waals surface area (Å²) in [6.07, 6.45) is 9.59. The molecule has 1 unspecified atom stereocenters. The normalized spacial score (nSPS) is 41.2. The summed E-state index contributed by atoms with van der Waals surface area (Å²) in [7, 11) is -2.69. The number of nitrogens with one attached hydrogen (secondary N) is 1. The molecule has 4 saturated carbocycles. The number of ketones is 1. The number of carbonyl (C=O) groups excluding carboxylic acids is 3. The summed E-state index contributed by atoms with van der Waals surface area (Å²) in [6, 6.07) is 9.47. The maximum atomic E-state index is 14.8. The van der Waals surface area contributed by atoms with E-state index < -0.39 is 32.6 Å². The first-order chi connectivity index (χ1) is 22.7. The molecule has 0 amide bonds. The van der Waals surface area contributed by atoms with Crippen molar-refractivity contribution in [2.75, 3.05) is 12.9 Å². The van der Waals surface area contributed by atoms with Crippen molar-refractivity contribution in [1.82, 2.24) is 4.72 Å². The fraction of sp³-hybridized carbons (Fsp3) is 0.725. The number of hydrogen-bond donors (Lipinski definition) is 1. The van der Waals surface area contributed by atoms with Gasteiger partial charge in [0.2, 0.25) is 10.0 Å². The zero-order valence-electron chi connectivity index (χ0n) is 30.8. The van der Waals surface area contributed by atoms with Crippen LogP contribution in [-0.4, -0.2) is 45.0 Å². The van der Waals surface area contributed by atoms with Crippen LogP contribution in [0.2, 0.25) is 0 Å². The molecule has 0 bridgehead atoms. The number of hydrogen-bond acceptors (Lipinski definition) is 7. The van der Waals surface area contributed by atoms with E-state index in [1.807, 2.05) is 36.4 Å². The van der Waals surface area contributed by atoms with Gasteiger partial charge in [-0.3, -0.25) is 14.4 Å². The Labute approximate surface area is 293 Å². The lowest BCUT2D eigenvalue weighted by Gasteiger charge is -2.70. The van der Waals surface area contributed by atoms with Gasteiger partial charge in [0, 0.05) is 12.0 Å². The molecular formula is C40H57NO7S. The number of esters is 2. The number of carbonyl (C=O) groups is 3. The molecule has 6 rings (SSSR count). The standard InChI is InChI=1S/C40H57NO7S/c1-35(2)30-14-17-40(7)33(38(30,5)16-15-31(35)41-49(45,46)25-32(43)47-8)29(42)22-27-28-23-37(4,19-18-36(28,3)20-21-39(27,40)6)34(44)48-24-26-12-10-9-11-13-26/h9-13,22,28,30-31,33,41H,14-21,23-25H2,1-8H3/t28-,30-,31-,33?,36+,37-,38-,39+,40+/m0/s1. The number of sulfonamides is 1. The molecule has 1 aromatic carbocycles. The molecule has 0 spiro atoms. The van der Waals surface area contributed by atoms with Crippen LogP contribution < -0.4 is 4.72 Å². The minimum atomic E-state index is -3.88. The van der Waals surface area contributed by atoms with Crippen LogP contribution in [-0.2, 0) is 40.5 Å². The molecule has 0 aliphatic heterocycles. The second kappa shape index (κ2) is 12.0. The monoisotopic (exact) mass is 695 g/mol. The van der Waals surface area contributed by atoms with Gasteiger partial charge in [-0.1, -0.05) is 77.4 Å². The van der Waals surface area contributed by atoms with Crippen molar-refractivity contribution >= 4 is 27.7 Å². The first kappa shape index (κ1) is 36.3. The molecule has 0 saturated heterocycles. The van der Waals surface area contributed by atoms with Gasteiger partial charge in [0.05, 0.1) is 12.5 Å². The average molecular weight is 696 g/mol. The molecule has 9 atom stereocenters. The molecule has 1 aromatic rings. The molecule has 270 valence electrons. The van der Waals surface area contributed by atoms with Gasteiger partial charge in [0.15, 0.2) is 11.5 Å². The van der Waals surface area contributed by atoms with Gasteiger partial charge in [-0.2, -0.15) is 0 Å². The van der Waals surface area contributed by atoms with Crippen LogP contribution in [0.4, 0.5) is 0 Å². The van der Waals surface area contributed by atoms with E-state index in [-0.39, 0.29) is 63.8 Å². The van der Waals surface area contributed by atoms with Gasteiger partial charge in [-0.25, -0.2) is 13.1 Å². The van der Waals surface area contributed by atoms with Crippen molar-refractivity contribution in [3.63, 3.8) is 0 Å². The minimum absolute atomic E-state index is 0.0244. The molecule has 5 aliphatic carbocycles. The topological polar surface area (TPSA) is 116 Å². The molecule has 5 aliphatic rings. The Morgan fingerprint density at radius 2 is 1.57 bits per heavy atom. The van der Waals surface area contributed by atoms with E-state index in [2.05, 4.69) is 57.9 Å². The molecule has 0 heterocycles. The van der Waals surface area contributed by atoms with Crippen LogP contribution in [0.1, 0.15) is 112 Å². The Bertz CT molecular complexity index is 1650. The van der Waals surface area contributed by atoms with Gasteiger partial charge < -0.3 is 9.47 Å². The molecule has 8 nitrogen and oxygen atoms in total. The van der Waals surface area contributed by atoms with Crippen LogP contribution in [0.5, 0.6) is 0 Å². The Hall–Kier alpha value is -2.52. The predicted octanol–water partition coefficient (Wildman–Crippen LogP) is 7.17.